The Morgan fingerprint density at radius 1 is 1.08 bits per heavy atom. The number of anilines is 4. The van der Waals surface area contributed by atoms with Gasteiger partial charge in [0.05, 0.1) is 17.4 Å². The molecule has 0 aliphatic carbocycles. The summed E-state index contributed by atoms with van der Waals surface area (Å²) in [5.41, 5.74) is 2.11. The topological polar surface area (TPSA) is 100 Å². The Bertz CT molecular complexity index is 947. The molecule has 0 bridgehead atoms. The summed E-state index contributed by atoms with van der Waals surface area (Å²) >= 11 is 0. The first-order chi connectivity index (χ1) is 12.5. The molecule has 0 spiro atoms. The molecule has 2 N–H and O–H groups in total. The number of hydrogen-bond acceptors (Lipinski definition) is 7. The van der Waals surface area contributed by atoms with E-state index in [4.69, 9.17) is 0 Å². The fourth-order valence-corrected chi connectivity index (χ4v) is 2.14. The molecule has 0 unspecified atom stereocenters. The summed E-state index contributed by atoms with van der Waals surface area (Å²) in [4.78, 5) is 25.0. The SMILES string of the molecule is CN(C)c1cnnc(Nc2ccc(NC(=O)c3ccc(=O)oc3)cc2)c1. The molecule has 1 amide bonds. The van der Waals surface area contributed by atoms with Gasteiger partial charge in [0.15, 0.2) is 5.82 Å². The summed E-state index contributed by atoms with van der Waals surface area (Å²) in [6.07, 6.45) is 2.81. The second-order valence-corrected chi connectivity index (χ2v) is 5.69. The first kappa shape index (κ1) is 17.2. The lowest BCUT2D eigenvalue weighted by Gasteiger charge is -2.13. The number of benzene rings is 1. The molecule has 3 aromatic rings. The molecule has 26 heavy (non-hydrogen) atoms. The van der Waals surface area contributed by atoms with Gasteiger partial charge in [-0.1, -0.05) is 0 Å². The van der Waals surface area contributed by atoms with Crippen LogP contribution in [0.4, 0.5) is 22.9 Å². The summed E-state index contributed by atoms with van der Waals surface area (Å²) in [6.45, 7) is 0. The fourth-order valence-electron chi connectivity index (χ4n) is 2.14. The van der Waals surface area contributed by atoms with Crippen molar-refractivity contribution in [3.63, 3.8) is 0 Å². The zero-order valence-corrected chi connectivity index (χ0v) is 14.3. The molecule has 0 saturated heterocycles. The van der Waals surface area contributed by atoms with E-state index in [-0.39, 0.29) is 11.5 Å². The molecule has 2 heterocycles. The fraction of sp³-hybridized carbons (Fsp3) is 0.111. The third-order valence-electron chi connectivity index (χ3n) is 3.53. The highest BCUT2D eigenvalue weighted by atomic mass is 16.4. The first-order valence-corrected chi connectivity index (χ1v) is 7.78. The van der Waals surface area contributed by atoms with Crippen molar-refractivity contribution in [1.82, 2.24) is 10.2 Å². The van der Waals surface area contributed by atoms with E-state index in [9.17, 15) is 9.59 Å². The maximum absolute atomic E-state index is 12.1. The number of amides is 1. The first-order valence-electron chi connectivity index (χ1n) is 7.78. The summed E-state index contributed by atoms with van der Waals surface area (Å²) in [5.74, 6) is 0.256. The molecule has 3 rings (SSSR count). The average molecular weight is 351 g/mol. The van der Waals surface area contributed by atoms with E-state index in [1.54, 1.807) is 18.3 Å². The van der Waals surface area contributed by atoms with Crippen molar-refractivity contribution in [2.75, 3.05) is 29.6 Å². The Morgan fingerprint density at radius 3 is 2.46 bits per heavy atom. The van der Waals surface area contributed by atoms with Crippen LogP contribution in [0.15, 0.2) is 64.1 Å². The number of rotatable bonds is 5. The average Bonchev–Trinajstić information content (AvgIpc) is 2.64. The van der Waals surface area contributed by atoms with E-state index >= 15 is 0 Å². The van der Waals surface area contributed by atoms with Crippen molar-refractivity contribution in [3.8, 4) is 0 Å². The number of nitrogens with one attached hydrogen (secondary N) is 2. The van der Waals surface area contributed by atoms with Crippen LogP contribution in [-0.2, 0) is 0 Å². The van der Waals surface area contributed by atoms with Crippen LogP contribution in [0.5, 0.6) is 0 Å². The predicted molar refractivity (Wildman–Crippen MR) is 99.0 cm³/mol. The Morgan fingerprint density at radius 2 is 1.81 bits per heavy atom. The largest absolute Gasteiger partial charge is 0.430 e. The molecule has 0 fully saturated rings. The van der Waals surface area contributed by atoms with Crippen molar-refractivity contribution in [3.05, 3.63) is 70.9 Å². The van der Waals surface area contributed by atoms with Gasteiger partial charge in [-0.2, -0.15) is 5.10 Å². The van der Waals surface area contributed by atoms with E-state index in [0.29, 0.717) is 11.5 Å². The quantitative estimate of drug-likeness (QED) is 0.728. The van der Waals surface area contributed by atoms with Gasteiger partial charge in [-0.25, -0.2) is 4.79 Å². The highest BCUT2D eigenvalue weighted by Gasteiger charge is 2.07. The number of hydrogen-bond donors (Lipinski definition) is 2. The molecule has 0 aliphatic rings. The minimum Gasteiger partial charge on any atom is -0.430 e. The van der Waals surface area contributed by atoms with E-state index in [1.807, 2.05) is 37.2 Å². The highest BCUT2D eigenvalue weighted by Crippen LogP contribution is 2.20. The molecule has 0 radical (unpaired) electrons. The maximum Gasteiger partial charge on any atom is 0.335 e. The van der Waals surface area contributed by atoms with Gasteiger partial charge in [0.2, 0.25) is 0 Å². The van der Waals surface area contributed by atoms with E-state index in [0.717, 1.165) is 17.6 Å². The van der Waals surface area contributed by atoms with Gasteiger partial charge < -0.3 is 20.0 Å². The van der Waals surface area contributed by atoms with Crippen LogP contribution in [0.3, 0.4) is 0 Å². The Balaban J connectivity index is 1.66. The minimum atomic E-state index is -0.501. The lowest BCUT2D eigenvalue weighted by atomic mass is 10.2. The third-order valence-corrected chi connectivity index (χ3v) is 3.53. The van der Waals surface area contributed by atoms with Crippen molar-refractivity contribution in [2.45, 2.75) is 0 Å². The van der Waals surface area contributed by atoms with Crippen LogP contribution >= 0.6 is 0 Å². The van der Waals surface area contributed by atoms with Crippen molar-refractivity contribution >= 4 is 28.8 Å². The second kappa shape index (κ2) is 7.47. The van der Waals surface area contributed by atoms with Crippen LogP contribution in [-0.4, -0.2) is 30.2 Å². The molecule has 132 valence electrons. The van der Waals surface area contributed by atoms with Crippen LogP contribution in [0.25, 0.3) is 0 Å². The summed E-state index contributed by atoms with van der Waals surface area (Å²) in [7, 11) is 3.85. The van der Waals surface area contributed by atoms with Crippen molar-refractivity contribution < 1.29 is 9.21 Å². The summed E-state index contributed by atoms with van der Waals surface area (Å²) in [6, 6.07) is 11.6. The van der Waals surface area contributed by atoms with Crippen molar-refractivity contribution in [2.24, 2.45) is 0 Å². The molecule has 8 nitrogen and oxygen atoms in total. The van der Waals surface area contributed by atoms with E-state index in [2.05, 4.69) is 25.2 Å². The summed E-state index contributed by atoms with van der Waals surface area (Å²) in [5, 5.41) is 13.9. The van der Waals surface area contributed by atoms with Crippen LogP contribution < -0.4 is 21.2 Å². The lowest BCUT2D eigenvalue weighted by molar-refractivity contribution is 0.102. The Labute approximate surface area is 149 Å². The van der Waals surface area contributed by atoms with Crippen LogP contribution in [0.2, 0.25) is 0 Å². The third kappa shape index (κ3) is 4.23. The number of carbonyl (C=O) groups excluding carboxylic acids is 1. The molecule has 0 aliphatic heterocycles. The molecular weight excluding hydrogens is 334 g/mol. The molecule has 0 saturated carbocycles. The van der Waals surface area contributed by atoms with Gasteiger partial charge in [0, 0.05) is 37.6 Å². The normalized spacial score (nSPS) is 10.2. The minimum absolute atomic E-state index is 0.266. The monoisotopic (exact) mass is 351 g/mol. The van der Waals surface area contributed by atoms with Crippen LogP contribution in [0.1, 0.15) is 10.4 Å². The lowest BCUT2D eigenvalue weighted by Crippen LogP contribution is -2.12. The smallest absolute Gasteiger partial charge is 0.335 e. The molecular formula is C18H17N5O3. The van der Waals surface area contributed by atoms with Crippen LogP contribution in [0, 0.1) is 0 Å². The Hall–Kier alpha value is -3.68. The molecule has 8 heteroatoms. The highest BCUT2D eigenvalue weighted by molar-refractivity contribution is 6.03. The van der Waals surface area contributed by atoms with Gasteiger partial charge in [-0.3, -0.25) is 4.79 Å². The zero-order chi connectivity index (χ0) is 18.5. The van der Waals surface area contributed by atoms with E-state index in [1.165, 1.54) is 12.1 Å². The standard InChI is InChI=1S/C18H17N5O3/c1-23(2)15-9-16(22-19-10-15)20-13-4-6-14(7-5-13)21-18(25)12-3-8-17(24)26-11-12/h3-11H,1-2H3,(H,20,22)(H,21,25). The molecule has 0 atom stereocenters. The second-order valence-electron chi connectivity index (χ2n) is 5.69. The Kier molecular flexibility index (Phi) is 4.93. The van der Waals surface area contributed by atoms with E-state index < -0.39 is 5.63 Å². The predicted octanol–water partition coefficient (Wildman–Crippen LogP) is 2.49. The van der Waals surface area contributed by atoms with Crippen molar-refractivity contribution in [1.29, 1.82) is 0 Å². The van der Waals surface area contributed by atoms with Gasteiger partial charge in [0.25, 0.3) is 5.91 Å². The molecule has 2 aromatic heterocycles. The molecule has 1 aromatic carbocycles. The van der Waals surface area contributed by atoms with Gasteiger partial charge >= 0.3 is 5.63 Å². The number of carbonyl (C=O) groups is 1. The number of aromatic nitrogens is 2. The summed E-state index contributed by atoms with van der Waals surface area (Å²) < 4.78 is 4.69. The zero-order valence-electron chi connectivity index (χ0n) is 14.3. The van der Waals surface area contributed by atoms with Gasteiger partial charge in [-0.05, 0) is 30.3 Å². The number of nitrogens with zero attached hydrogens (tertiary/aromatic N) is 3. The maximum atomic E-state index is 12.1. The van der Waals surface area contributed by atoms with Gasteiger partial charge in [0.1, 0.15) is 6.26 Å². The van der Waals surface area contributed by atoms with Gasteiger partial charge in [-0.15, -0.1) is 5.10 Å².